The van der Waals surface area contributed by atoms with Crippen molar-refractivity contribution in [2.45, 2.75) is 6.10 Å². The number of aliphatic hydroxyl groups excluding tert-OH is 1. The van der Waals surface area contributed by atoms with Crippen molar-refractivity contribution >= 4 is 46.4 Å². The summed E-state index contributed by atoms with van der Waals surface area (Å²) in [4.78, 5) is 18.7. The number of aliphatic hydroxyl groups is 1. The lowest BCUT2D eigenvalue weighted by Gasteiger charge is -2.27. The normalized spacial score (nSPS) is 16.2. The standard InChI is InChI=1S/C18H20ClN3O3S/c19-17-6-5-16(26-17)11-20-9-15(23)10-21-13-1-3-14(4-2-13)22-7-8-25-12-18(22)24/h1-6,11,15,21,23H,7-10,12H2/t15-/m1/s1. The molecule has 1 fully saturated rings. The van der Waals surface area contributed by atoms with Crippen LogP contribution in [0.2, 0.25) is 4.34 Å². The molecule has 2 aromatic rings. The monoisotopic (exact) mass is 393 g/mol. The van der Waals surface area contributed by atoms with E-state index >= 15 is 0 Å². The van der Waals surface area contributed by atoms with Crippen LogP contribution in [0.1, 0.15) is 4.88 Å². The van der Waals surface area contributed by atoms with Crippen LogP contribution in [0.15, 0.2) is 41.4 Å². The molecule has 0 aliphatic carbocycles. The maximum atomic E-state index is 11.8. The van der Waals surface area contributed by atoms with Gasteiger partial charge in [-0.25, -0.2) is 0 Å². The molecule has 8 heteroatoms. The fourth-order valence-electron chi connectivity index (χ4n) is 2.51. The lowest BCUT2D eigenvalue weighted by atomic mass is 10.2. The number of amides is 1. The number of morpholine rings is 1. The molecular weight excluding hydrogens is 374 g/mol. The Kier molecular flexibility index (Phi) is 6.62. The predicted octanol–water partition coefficient (Wildman–Crippen LogP) is 2.66. The quantitative estimate of drug-likeness (QED) is 0.709. The van der Waals surface area contributed by atoms with Crippen LogP contribution < -0.4 is 10.2 Å². The molecule has 0 spiro atoms. The molecule has 1 saturated heterocycles. The van der Waals surface area contributed by atoms with Crippen LogP contribution in [0.5, 0.6) is 0 Å². The minimum atomic E-state index is -0.595. The Hall–Kier alpha value is -1.93. The lowest BCUT2D eigenvalue weighted by molar-refractivity contribution is -0.125. The molecule has 0 unspecified atom stereocenters. The zero-order valence-electron chi connectivity index (χ0n) is 14.1. The molecule has 2 heterocycles. The number of hydrogen-bond acceptors (Lipinski definition) is 6. The van der Waals surface area contributed by atoms with Crippen molar-refractivity contribution in [2.75, 3.05) is 43.1 Å². The number of ether oxygens (including phenoxy) is 1. The second-order valence-electron chi connectivity index (χ2n) is 5.82. The number of carbonyl (C=O) groups excluding carboxylic acids is 1. The molecule has 1 aliphatic heterocycles. The number of hydrogen-bond donors (Lipinski definition) is 2. The topological polar surface area (TPSA) is 74.2 Å². The van der Waals surface area contributed by atoms with Gasteiger partial charge in [-0.05, 0) is 36.4 Å². The summed E-state index contributed by atoms with van der Waals surface area (Å²) in [5.74, 6) is -0.0303. The second-order valence-corrected chi connectivity index (χ2v) is 7.56. The number of carbonyl (C=O) groups is 1. The third kappa shape index (κ3) is 5.28. The van der Waals surface area contributed by atoms with Crippen LogP contribution in [0.4, 0.5) is 11.4 Å². The molecule has 0 saturated carbocycles. The first kappa shape index (κ1) is 18.8. The molecule has 1 aromatic heterocycles. The fourth-order valence-corrected chi connectivity index (χ4v) is 3.47. The van der Waals surface area contributed by atoms with Crippen molar-refractivity contribution in [1.82, 2.24) is 0 Å². The van der Waals surface area contributed by atoms with Gasteiger partial charge in [0, 0.05) is 35.6 Å². The number of nitrogens with one attached hydrogen (secondary N) is 1. The van der Waals surface area contributed by atoms with Crippen LogP contribution in [-0.4, -0.2) is 56.2 Å². The summed E-state index contributed by atoms with van der Waals surface area (Å²) in [6, 6.07) is 11.3. The average molecular weight is 394 g/mol. The van der Waals surface area contributed by atoms with Gasteiger partial charge in [0.2, 0.25) is 0 Å². The van der Waals surface area contributed by atoms with E-state index in [1.807, 2.05) is 36.4 Å². The number of benzene rings is 1. The number of rotatable bonds is 7. The zero-order chi connectivity index (χ0) is 18.4. The highest BCUT2D eigenvalue weighted by atomic mass is 35.5. The molecule has 2 N–H and O–H groups in total. The Bertz CT molecular complexity index is 763. The van der Waals surface area contributed by atoms with Gasteiger partial charge in [-0.1, -0.05) is 11.6 Å². The van der Waals surface area contributed by atoms with Crippen molar-refractivity contribution in [3.8, 4) is 0 Å². The predicted molar refractivity (Wildman–Crippen MR) is 106 cm³/mol. The van der Waals surface area contributed by atoms with Gasteiger partial charge in [0.05, 0.1) is 23.6 Å². The fraction of sp³-hybridized carbons (Fsp3) is 0.333. The van der Waals surface area contributed by atoms with Crippen molar-refractivity contribution in [2.24, 2.45) is 4.99 Å². The largest absolute Gasteiger partial charge is 0.389 e. The summed E-state index contributed by atoms with van der Waals surface area (Å²) >= 11 is 7.30. The summed E-state index contributed by atoms with van der Waals surface area (Å²) in [6.07, 6.45) is 1.12. The van der Waals surface area contributed by atoms with Crippen LogP contribution in [0.25, 0.3) is 0 Å². The summed E-state index contributed by atoms with van der Waals surface area (Å²) in [7, 11) is 0. The third-order valence-electron chi connectivity index (χ3n) is 3.84. The Morgan fingerprint density at radius 1 is 1.35 bits per heavy atom. The molecule has 26 heavy (non-hydrogen) atoms. The van der Waals surface area contributed by atoms with Crippen molar-refractivity contribution in [3.05, 3.63) is 45.6 Å². The molecule has 0 radical (unpaired) electrons. The number of thiophene rings is 1. The summed E-state index contributed by atoms with van der Waals surface area (Å²) in [5, 5.41) is 13.2. The van der Waals surface area contributed by atoms with E-state index in [1.165, 1.54) is 11.3 Å². The molecule has 138 valence electrons. The highest BCUT2D eigenvalue weighted by molar-refractivity contribution is 7.17. The van der Waals surface area contributed by atoms with Crippen molar-refractivity contribution < 1.29 is 14.6 Å². The Labute approximate surface area is 161 Å². The minimum Gasteiger partial charge on any atom is -0.389 e. The number of aliphatic imine (C=N–C) groups is 1. The van der Waals surface area contributed by atoms with Gasteiger partial charge in [0.1, 0.15) is 6.61 Å². The smallest absolute Gasteiger partial charge is 0.253 e. The van der Waals surface area contributed by atoms with Gasteiger partial charge in [-0.3, -0.25) is 9.79 Å². The van der Waals surface area contributed by atoms with E-state index in [0.29, 0.717) is 26.2 Å². The molecule has 1 aliphatic rings. The summed E-state index contributed by atoms with van der Waals surface area (Å²) in [5.41, 5.74) is 1.73. The molecule has 0 bridgehead atoms. The maximum absolute atomic E-state index is 11.8. The SMILES string of the molecule is O=C1COCCN1c1ccc(NC[C@H](O)CN=Cc2ccc(Cl)s2)cc1. The molecule has 1 aromatic carbocycles. The first-order chi connectivity index (χ1) is 12.6. The van der Waals surface area contributed by atoms with Crippen LogP contribution >= 0.6 is 22.9 Å². The average Bonchev–Trinajstić information content (AvgIpc) is 3.06. The highest BCUT2D eigenvalue weighted by Crippen LogP contribution is 2.20. The van der Waals surface area contributed by atoms with E-state index < -0.39 is 6.10 Å². The van der Waals surface area contributed by atoms with E-state index in [-0.39, 0.29) is 12.5 Å². The molecule has 1 atom stereocenters. The third-order valence-corrected chi connectivity index (χ3v) is 5.00. The molecule has 1 amide bonds. The van der Waals surface area contributed by atoms with Gasteiger partial charge < -0.3 is 20.1 Å². The Morgan fingerprint density at radius 3 is 2.85 bits per heavy atom. The summed E-state index contributed by atoms with van der Waals surface area (Å²) < 4.78 is 5.85. The molecule has 3 rings (SSSR count). The van der Waals surface area contributed by atoms with Crippen LogP contribution in [0.3, 0.4) is 0 Å². The van der Waals surface area contributed by atoms with Gasteiger partial charge in [-0.2, -0.15) is 0 Å². The lowest BCUT2D eigenvalue weighted by Crippen LogP contribution is -2.41. The van der Waals surface area contributed by atoms with E-state index in [4.69, 9.17) is 16.3 Å². The van der Waals surface area contributed by atoms with E-state index in [1.54, 1.807) is 11.1 Å². The van der Waals surface area contributed by atoms with E-state index in [2.05, 4.69) is 10.3 Å². The number of anilines is 2. The first-order valence-corrected chi connectivity index (χ1v) is 9.46. The first-order valence-electron chi connectivity index (χ1n) is 8.27. The molecular formula is C18H20ClN3O3S. The highest BCUT2D eigenvalue weighted by Gasteiger charge is 2.19. The van der Waals surface area contributed by atoms with Crippen molar-refractivity contribution in [1.29, 1.82) is 0 Å². The zero-order valence-corrected chi connectivity index (χ0v) is 15.7. The van der Waals surface area contributed by atoms with Gasteiger partial charge in [0.15, 0.2) is 0 Å². The van der Waals surface area contributed by atoms with Gasteiger partial charge in [0.25, 0.3) is 5.91 Å². The number of nitrogens with zero attached hydrogens (tertiary/aromatic N) is 2. The minimum absolute atomic E-state index is 0.0303. The Balaban J connectivity index is 1.45. The number of halogens is 1. The Morgan fingerprint density at radius 2 is 2.15 bits per heavy atom. The second kappa shape index (κ2) is 9.14. The maximum Gasteiger partial charge on any atom is 0.253 e. The molecule has 6 nitrogen and oxygen atoms in total. The van der Waals surface area contributed by atoms with Crippen LogP contribution in [-0.2, 0) is 9.53 Å². The summed E-state index contributed by atoms with van der Waals surface area (Å²) in [6.45, 7) is 1.94. The van der Waals surface area contributed by atoms with Crippen LogP contribution in [0, 0.1) is 0 Å². The van der Waals surface area contributed by atoms with E-state index in [9.17, 15) is 9.90 Å². The van der Waals surface area contributed by atoms with Gasteiger partial charge in [-0.15, -0.1) is 11.3 Å². The van der Waals surface area contributed by atoms with Crippen molar-refractivity contribution in [3.63, 3.8) is 0 Å². The van der Waals surface area contributed by atoms with Gasteiger partial charge >= 0.3 is 0 Å². The van der Waals surface area contributed by atoms with E-state index in [0.717, 1.165) is 20.6 Å².